The van der Waals surface area contributed by atoms with Crippen LogP contribution in [0.25, 0.3) is 33.4 Å². The molecule has 0 bridgehead atoms. The average Bonchev–Trinajstić information content (AvgIpc) is 3.56. The molecule has 3 N–H and O–H groups in total. The number of nitrogens with one attached hydrogen (secondary N) is 2. The van der Waals surface area contributed by atoms with Crippen molar-refractivity contribution in [1.29, 1.82) is 0 Å². The number of carboxylic acids is 1. The number of aryl methyl sites for hydroxylation is 1. The van der Waals surface area contributed by atoms with Crippen molar-refractivity contribution >= 4 is 28.8 Å². The Kier molecular flexibility index (Phi) is 5.59. The van der Waals surface area contributed by atoms with Crippen LogP contribution in [0, 0.1) is 12.7 Å². The third-order valence-electron chi connectivity index (χ3n) is 6.57. The highest BCUT2D eigenvalue weighted by atomic mass is 19.1. The van der Waals surface area contributed by atoms with Crippen LogP contribution < -0.4 is 10.6 Å². The van der Waals surface area contributed by atoms with Gasteiger partial charge < -0.3 is 20.2 Å². The van der Waals surface area contributed by atoms with Gasteiger partial charge in [0.05, 0.1) is 5.56 Å². The van der Waals surface area contributed by atoms with Crippen molar-refractivity contribution in [3.63, 3.8) is 0 Å². The van der Waals surface area contributed by atoms with Gasteiger partial charge >= 0.3 is 5.97 Å². The molecular formula is C28H23FN2O5. The first-order valence-electron chi connectivity index (χ1n) is 11.4. The van der Waals surface area contributed by atoms with Crippen LogP contribution >= 0.6 is 0 Å². The topological polar surface area (TPSA) is 109 Å². The number of carbonyl (C=O) groups excluding carboxylic acids is 2. The third kappa shape index (κ3) is 4.00. The molecule has 0 unspecified atom stereocenters. The van der Waals surface area contributed by atoms with Gasteiger partial charge in [-0.2, -0.15) is 0 Å². The highest BCUT2D eigenvalue weighted by molar-refractivity contribution is 6.12. The lowest BCUT2D eigenvalue weighted by atomic mass is 9.95. The fourth-order valence-electron chi connectivity index (χ4n) is 4.30. The van der Waals surface area contributed by atoms with Crippen LogP contribution in [0.4, 0.5) is 4.39 Å². The largest absolute Gasteiger partial charge is 0.480 e. The Morgan fingerprint density at radius 1 is 0.944 bits per heavy atom. The molecule has 1 aliphatic carbocycles. The summed E-state index contributed by atoms with van der Waals surface area (Å²) < 4.78 is 19.5. The Morgan fingerprint density at radius 3 is 2.28 bits per heavy atom. The quantitative estimate of drug-likeness (QED) is 0.358. The van der Waals surface area contributed by atoms with Crippen molar-refractivity contribution in [3.8, 4) is 22.5 Å². The minimum Gasteiger partial charge on any atom is -0.480 e. The lowest BCUT2D eigenvalue weighted by Crippen LogP contribution is -2.43. The van der Waals surface area contributed by atoms with E-state index in [1.807, 2.05) is 19.1 Å². The van der Waals surface area contributed by atoms with E-state index in [9.17, 15) is 23.9 Å². The molecule has 5 rings (SSSR count). The van der Waals surface area contributed by atoms with Crippen LogP contribution in [-0.4, -0.2) is 35.5 Å². The van der Waals surface area contributed by atoms with Gasteiger partial charge in [0.25, 0.3) is 11.8 Å². The number of hydrogen-bond acceptors (Lipinski definition) is 4. The zero-order valence-electron chi connectivity index (χ0n) is 19.6. The lowest BCUT2D eigenvalue weighted by molar-refractivity contribution is -0.140. The molecule has 36 heavy (non-hydrogen) atoms. The van der Waals surface area contributed by atoms with E-state index in [2.05, 4.69) is 10.6 Å². The molecule has 0 aliphatic heterocycles. The van der Waals surface area contributed by atoms with Gasteiger partial charge in [-0.05, 0) is 85.0 Å². The Labute approximate surface area is 205 Å². The SMILES string of the molecule is CNC(=O)c1c(-c2ccc(F)cc2)oc2ccc(-c3cc(C(=O)NC4(C(=O)O)CC4)ccc3C)cc12. The zero-order chi connectivity index (χ0) is 25.6. The Morgan fingerprint density at radius 2 is 1.64 bits per heavy atom. The minimum atomic E-state index is -1.18. The predicted octanol–water partition coefficient (Wildman–Crippen LogP) is 4.92. The van der Waals surface area contributed by atoms with Gasteiger partial charge in [0, 0.05) is 23.6 Å². The Balaban J connectivity index is 1.59. The van der Waals surface area contributed by atoms with Crippen LogP contribution in [0.15, 0.2) is 65.1 Å². The molecule has 182 valence electrons. The summed E-state index contributed by atoms with van der Waals surface area (Å²) in [7, 11) is 1.52. The number of carbonyl (C=O) groups is 3. The van der Waals surface area contributed by atoms with Crippen molar-refractivity contribution in [1.82, 2.24) is 10.6 Å². The number of carboxylic acid groups (broad SMARTS) is 1. The second-order valence-electron chi connectivity index (χ2n) is 8.97. The van der Waals surface area contributed by atoms with Crippen LogP contribution in [0.2, 0.25) is 0 Å². The number of furan rings is 1. The molecule has 1 saturated carbocycles. The van der Waals surface area contributed by atoms with E-state index in [4.69, 9.17) is 4.42 Å². The fourth-order valence-corrected chi connectivity index (χ4v) is 4.30. The zero-order valence-corrected chi connectivity index (χ0v) is 19.6. The second kappa shape index (κ2) is 8.64. The molecule has 0 atom stereocenters. The molecule has 0 radical (unpaired) electrons. The van der Waals surface area contributed by atoms with E-state index in [0.29, 0.717) is 46.3 Å². The van der Waals surface area contributed by atoms with E-state index in [1.54, 1.807) is 36.4 Å². The number of rotatable bonds is 6. The molecule has 3 aromatic carbocycles. The van der Waals surface area contributed by atoms with Gasteiger partial charge in [-0.15, -0.1) is 0 Å². The summed E-state index contributed by atoms with van der Waals surface area (Å²) in [5.41, 5.74) is 2.95. The number of benzene rings is 3. The average molecular weight is 486 g/mol. The Hall–Kier alpha value is -4.46. The van der Waals surface area contributed by atoms with E-state index in [1.165, 1.54) is 19.2 Å². The van der Waals surface area contributed by atoms with Gasteiger partial charge in [-0.3, -0.25) is 9.59 Å². The molecule has 4 aromatic rings. The molecule has 8 heteroatoms. The van der Waals surface area contributed by atoms with Gasteiger partial charge in [0.15, 0.2) is 0 Å². The summed E-state index contributed by atoms with van der Waals surface area (Å²) in [4.78, 5) is 37.1. The monoisotopic (exact) mass is 486 g/mol. The standard InChI is InChI=1S/C28H23FN2O5/c1-15-3-4-18(25(32)31-28(11-12-28)27(34)35)14-20(15)17-7-10-22-21(13-17)23(26(33)30-2)24(36-22)16-5-8-19(29)9-6-16/h3-10,13-14H,11-12H2,1-2H3,(H,30,33)(H,31,32)(H,34,35). The number of halogens is 1. The molecule has 1 aromatic heterocycles. The summed E-state index contributed by atoms with van der Waals surface area (Å²) in [6, 6.07) is 16.3. The first-order chi connectivity index (χ1) is 17.2. The fraction of sp³-hybridized carbons (Fsp3) is 0.179. The molecule has 1 aliphatic rings. The summed E-state index contributed by atoms with van der Waals surface area (Å²) in [6.45, 7) is 1.90. The number of aliphatic carboxylic acids is 1. The first-order valence-corrected chi connectivity index (χ1v) is 11.4. The highest BCUT2D eigenvalue weighted by Gasteiger charge is 2.51. The third-order valence-corrected chi connectivity index (χ3v) is 6.57. The van der Waals surface area contributed by atoms with Gasteiger partial charge in [0.2, 0.25) is 0 Å². The molecule has 1 heterocycles. The number of hydrogen-bond donors (Lipinski definition) is 3. The van der Waals surface area contributed by atoms with E-state index < -0.39 is 23.2 Å². The summed E-state index contributed by atoms with van der Waals surface area (Å²) >= 11 is 0. The van der Waals surface area contributed by atoms with Crippen LogP contribution in [0.3, 0.4) is 0 Å². The maximum atomic E-state index is 13.5. The smallest absolute Gasteiger partial charge is 0.329 e. The van der Waals surface area contributed by atoms with Gasteiger partial charge in [-0.1, -0.05) is 12.1 Å². The molecule has 1 fully saturated rings. The molecular weight excluding hydrogens is 463 g/mol. The van der Waals surface area contributed by atoms with Gasteiger partial charge in [-0.25, -0.2) is 9.18 Å². The molecule has 0 saturated heterocycles. The van der Waals surface area contributed by atoms with E-state index >= 15 is 0 Å². The van der Waals surface area contributed by atoms with Crippen LogP contribution in [0.1, 0.15) is 39.1 Å². The molecule has 2 amide bonds. The predicted molar refractivity (Wildman–Crippen MR) is 132 cm³/mol. The van der Waals surface area contributed by atoms with Crippen LogP contribution in [0.5, 0.6) is 0 Å². The van der Waals surface area contributed by atoms with E-state index in [0.717, 1.165) is 16.7 Å². The summed E-state index contributed by atoms with van der Waals surface area (Å²) in [5.74, 6) is -1.90. The van der Waals surface area contributed by atoms with Crippen LogP contribution in [-0.2, 0) is 4.79 Å². The minimum absolute atomic E-state index is 0.324. The normalized spacial score (nSPS) is 13.9. The van der Waals surface area contributed by atoms with E-state index in [-0.39, 0.29) is 5.91 Å². The van der Waals surface area contributed by atoms with Crippen molar-refractivity contribution in [2.75, 3.05) is 7.05 Å². The second-order valence-corrected chi connectivity index (χ2v) is 8.97. The van der Waals surface area contributed by atoms with Crippen molar-refractivity contribution in [2.24, 2.45) is 0 Å². The summed E-state index contributed by atoms with van der Waals surface area (Å²) in [6.07, 6.45) is 0.811. The highest BCUT2D eigenvalue weighted by Crippen LogP contribution is 2.38. The van der Waals surface area contributed by atoms with Gasteiger partial charge in [0.1, 0.15) is 22.7 Å². The number of fused-ring (bicyclic) bond motifs is 1. The lowest BCUT2D eigenvalue weighted by Gasteiger charge is -2.14. The molecule has 7 nitrogen and oxygen atoms in total. The first kappa shape index (κ1) is 23.3. The maximum Gasteiger partial charge on any atom is 0.329 e. The Bertz CT molecular complexity index is 1530. The van der Waals surface area contributed by atoms with Crippen molar-refractivity contribution in [3.05, 3.63) is 83.2 Å². The summed E-state index contributed by atoms with van der Waals surface area (Å²) in [5, 5.41) is 15.2. The van der Waals surface area contributed by atoms with Crippen molar-refractivity contribution in [2.45, 2.75) is 25.3 Å². The maximum absolute atomic E-state index is 13.5. The molecule has 0 spiro atoms. The number of amides is 2. The van der Waals surface area contributed by atoms with Crippen molar-refractivity contribution < 1.29 is 28.3 Å².